The van der Waals surface area contributed by atoms with Crippen LogP contribution in [-0.2, 0) is 0 Å². The van der Waals surface area contributed by atoms with E-state index in [9.17, 15) is 23.7 Å². The van der Waals surface area contributed by atoms with E-state index in [0.29, 0.717) is 0 Å². The van der Waals surface area contributed by atoms with Crippen molar-refractivity contribution in [1.29, 1.82) is 0 Å². The number of rotatable bonds is 2. The number of carbonyl (C=O) groups is 1. The average molecular weight is 231 g/mol. The molecule has 0 spiro atoms. The number of benzene rings is 1. The largest absolute Gasteiger partial charge is 0.586 e. The van der Waals surface area contributed by atoms with Crippen molar-refractivity contribution in [2.24, 2.45) is 0 Å². The van der Waals surface area contributed by atoms with Gasteiger partial charge in [-0.2, -0.15) is 0 Å². The second-order valence-electron chi connectivity index (χ2n) is 2.90. The lowest BCUT2D eigenvalue weighted by molar-refractivity contribution is -0.385. The number of nitro groups is 1. The van der Waals surface area contributed by atoms with Gasteiger partial charge >= 0.3 is 6.29 Å². The second kappa shape index (κ2) is 3.12. The summed E-state index contributed by atoms with van der Waals surface area (Å²) in [5, 5.41) is 10.5. The Hall–Kier alpha value is -2.25. The van der Waals surface area contributed by atoms with Gasteiger partial charge in [-0.15, -0.1) is 8.78 Å². The minimum atomic E-state index is -3.86. The number of nitro benzene ring substituents is 1. The van der Waals surface area contributed by atoms with E-state index in [-0.39, 0.29) is 11.8 Å². The van der Waals surface area contributed by atoms with Crippen LogP contribution in [0.3, 0.4) is 0 Å². The molecule has 1 aliphatic heterocycles. The molecule has 0 radical (unpaired) electrons. The van der Waals surface area contributed by atoms with Crippen LogP contribution < -0.4 is 9.47 Å². The number of aldehydes is 1. The van der Waals surface area contributed by atoms with E-state index in [4.69, 9.17) is 0 Å². The van der Waals surface area contributed by atoms with Crippen molar-refractivity contribution in [2.45, 2.75) is 6.29 Å². The molecule has 1 aliphatic rings. The molecule has 0 saturated carbocycles. The molecule has 8 heteroatoms. The molecule has 0 fully saturated rings. The molecule has 0 unspecified atom stereocenters. The number of nitrogens with zero attached hydrogens (tertiary/aromatic N) is 1. The number of ether oxygens (including phenoxy) is 2. The maximum atomic E-state index is 12.6. The van der Waals surface area contributed by atoms with Crippen LogP contribution in [0.2, 0.25) is 0 Å². The monoisotopic (exact) mass is 231 g/mol. The van der Waals surface area contributed by atoms with Crippen LogP contribution in [0.15, 0.2) is 12.1 Å². The first kappa shape index (κ1) is 10.3. The minimum absolute atomic E-state index is 0.179. The van der Waals surface area contributed by atoms with E-state index in [0.717, 1.165) is 12.1 Å². The molecule has 0 aromatic heterocycles. The molecular formula is C8H3F2NO5. The maximum Gasteiger partial charge on any atom is 0.586 e. The summed E-state index contributed by atoms with van der Waals surface area (Å²) in [6.07, 6.45) is -3.68. The molecule has 0 saturated heterocycles. The van der Waals surface area contributed by atoms with E-state index < -0.39 is 28.4 Å². The zero-order chi connectivity index (χ0) is 11.9. The number of hydrogen-bond donors (Lipinski definition) is 0. The summed E-state index contributed by atoms with van der Waals surface area (Å²) in [4.78, 5) is 20.1. The standard InChI is InChI=1S/C8H3F2NO5/c9-8(10)15-6-1-4(3-12)5(11(13)14)2-7(6)16-8/h1-3H. The molecule has 0 bridgehead atoms. The lowest BCUT2D eigenvalue weighted by Crippen LogP contribution is -2.25. The Labute approximate surface area is 86.5 Å². The van der Waals surface area contributed by atoms with Crippen molar-refractivity contribution >= 4 is 12.0 Å². The number of alkyl halides is 2. The summed E-state index contributed by atoms with van der Waals surface area (Å²) in [6.45, 7) is 0. The van der Waals surface area contributed by atoms with Crippen molar-refractivity contribution in [3.63, 3.8) is 0 Å². The number of fused-ring (bicyclic) bond motifs is 1. The zero-order valence-electron chi connectivity index (χ0n) is 7.48. The summed E-state index contributed by atoms with van der Waals surface area (Å²) in [5.41, 5.74) is -0.972. The maximum absolute atomic E-state index is 12.6. The van der Waals surface area contributed by atoms with Crippen molar-refractivity contribution in [3.8, 4) is 11.5 Å². The summed E-state index contributed by atoms with van der Waals surface area (Å²) >= 11 is 0. The lowest BCUT2D eigenvalue weighted by atomic mass is 10.2. The van der Waals surface area contributed by atoms with Crippen molar-refractivity contribution in [2.75, 3.05) is 0 Å². The fourth-order valence-electron chi connectivity index (χ4n) is 1.25. The molecule has 0 atom stereocenters. The summed E-state index contributed by atoms with van der Waals surface area (Å²) in [5.74, 6) is -0.875. The van der Waals surface area contributed by atoms with Gasteiger partial charge in [0.25, 0.3) is 5.69 Å². The molecule has 6 nitrogen and oxygen atoms in total. The molecule has 0 N–H and O–H groups in total. The normalized spacial score (nSPS) is 15.9. The van der Waals surface area contributed by atoms with E-state index in [1.165, 1.54) is 0 Å². The molecule has 1 heterocycles. The Balaban J connectivity index is 2.55. The molecule has 16 heavy (non-hydrogen) atoms. The lowest BCUT2D eigenvalue weighted by Gasteiger charge is -2.04. The Morgan fingerprint density at radius 1 is 1.31 bits per heavy atom. The van der Waals surface area contributed by atoms with E-state index in [1.54, 1.807) is 0 Å². The van der Waals surface area contributed by atoms with Crippen LogP contribution in [0.25, 0.3) is 0 Å². The van der Waals surface area contributed by atoms with Gasteiger partial charge in [0.1, 0.15) is 0 Å². The molecule has 1 aromatic carbocycles. The smallest absolute Gasteiger partial charge is 0.395 e. The van der Waals surface area contributed by atoms with Gasteiger partial charge in [0.05, 0.1) is 16.6 Å². The highest BCUT2D eigenvalue weighted by Crippen LogP contribution is 2.43. The number of halogens is 2. The topological polar surface area (TPSA) is 78.7 Å². The van der Waals surface area contributed by atoms with Gasteiger partial charge in [0.15, 0.2) is 17.8 Å². The fourth-order valence-corrected chi connectivity index (χ4v) is 1.25. The average Bonchev–Trinajstić information content (AvgIpc) is 2.48. The SMILES string of the molecule is O=Cc1cc2c(cc1[N+](=O)[O-])OC(F)(F)O2. The van der Waals surface area contributed by atoms with Crippen molar-refractivity contribution in [1.82, 2.24) is 0 Å². The Kier molecular flexibility index (Phi) is 2.00. The predicted molar refractivity (Wildman–Crippen MR) is 44.7 cm³/mol. The van der Waals surface area contributed by atoms with E-state index in [2.05, 4.69) is 9.47 Å². The zero-order valence-corrected chi connectivity index (χ0v) is 7.48. The first-order chi connectivity index (χ1) is 7.43. The van der Waals surface area contributed by atoms with Crippen LogP contribution in [0, 0.1) is 10.1 Å². The quantitative estimate of drug-likeness (QED) is 0.440. The molecular weight excluding hydrogens is 228 g/mol. The Morgan fingerprint density at radius 3 is 2.38 bits per heavy atom. The van der Waals surface area contributed by atoms with Gasteiger partial charge in [-0.3, -0.25) is 14.9 Å². The number of carbonyl (C=O) groups excluding carboxylic acids is 1. The molecule has 0 aliphatic carbocycles. The van der Waals surface area contributed by atoms with Crippen molar-refractivity contribution < 1.29 is 28.0 Å². The van der Waals surface area contributed by atoms with Crippen LogP contribution in [0.1, 0.15) is 10.4 Å². The Bertz CT molecular complexity index is 488. The van der Waals surface area contributed by atoms with Crippen LogP contribution in [0.4, 0.5) is 14.5 Å². The van der Waals surface area contributed by atoms with Gasteiger partial charge in [0, 0.05) is 6.07 Å². The van der Waals surface area contributed by atoms with E-state index in [1.807, 2.05) is 0 Å². The van der Waals surface area contributed by atoms with Gasteiger partial charge in [-0.25, -0.2) is 0 Å². The first-order valence-corrected chi connectivity index (χ1v) is 3.96. The minimum Gasteiger partial charge on any atom is -0.395 e. The molecule has 0 amide bonds. The summed E-state index contributed by atoms with van der Waals surface area (Å²) in [6, 6.07) is 1.56. The highest BCUT2D eigenvalue weighted by atomic mass is 19.3. The van der Waals surface area contributed by atoms with Gasteiger partial charge in [-0.1, -0.05) is 0 Å². The van der Waals surface area contributed by atoms with Crippen LogP contribution >= 0.6 is 0 Å². The summed E-state index contributed by atoms with van der Waals surface area (Å²) in [7, 11) is 0. The molecule has 84 valence electrons. The highest BCUT2D eigenvalue weighted by Gasteiger charge is 2.44. The first-order valence-electron chi connectivity index (χ1n) is 3.96. The van der Waals surface area contributed by atoms with Crippen LogP contribution in [-0.4, -0.2) is 17.5 Å². The Morgan fingerprint density at radius 2 is 1.88 bits per heavy atom. The van der Waals surface area contributed by atoms with E-state index >= 15 is 0 Å². The molecule has 2 rings (SSSR count). The van der Waals surface area contributed by atoms with Gasteiger partial charge in [-0.05, 0) is 0 Å². The fraction of sp³-hybridized carbons (Fsp3) is 0.125. The third kappa shape index (κ3) is 1.53. The van der Waals surface area contributed by atoms with Crippen LogP contribution in [0.5, 0.6) is 11.5 Å². The second-order valence-corrected chi connectivity index (χ2v) is 2.90. The molecule has 1 aromatic rings. The highest BCUT2D eigenvalue weighted by molar-refractivity contribution is 5.83. The third-order valence-corrected chi connectivity index (χ3v) is 1.87. The van der Waals surface area contributed by atoms with Gasteiger partial charge in [0.2, 0.25) is 0 Å². The third-order valence-electron chi connectivity index (χ3n) is 1.87. The predicted octanol–water partition coefficient (Wildman–Crippen LogP) is 1.73. The van der Waals surface area contributed by atoms with Crippen molar-refractivity contribution in [3.05, 3.63) is 27.8 Å². The van der Waals surface area contributed by atoms with Gasteiger partial charge < -0.3 is 9.47 Å². The summed E-state index contributed by atoms with van der Waals surface area (Å²) < 4.78 is 33.2. The number of hydrogen-bond acceptors (Lipinski definition) is 5.